The third kappa shape index (κ3) is 5.01. The van der Waals surface area contributed by atoms with Crippen molar-refractivity contribution in [1.29, 1.82) is 0 Å². The van der Waals surface area contributed by atoms with Gasteiger partial charge < -0.3 is 20.3 Å². The number of hydrogen-bond acceptors (Lipinski definition) is 3. The molecule has 22 heavy (non-hydrogen) atoms. The summed E-state index contributed by atoms with van der Waals surface area (Å²) < 4.78 is 5.42. The summed E-state index contributed by atoms with van der Waals surface area (Å²) in [7, 11) is 0. The van der Waals surface area contributed by atoms with Crippen LogP contribution in [0.1, 0.15) is 19.4 Å². The number of guanidine groups is 1. The van der Waals surface area contributed by atoms with Crippen molar-refractivity contribution >= 4 is 35.6 Å². The number of ether oxygens (including phenoxy) is 1. The van der Waals surface area contributed by atoms with E-state index in [-0.39, 0.29) is 24.0 Å². The van der Waals surface area contributed by atoms with Gasteiger partial charge in [-0.15, -0.1) is 24.0 Å². The van der Waals surface area contributed by atoms with E-state index in [9.17, 15) is 0 Å². The molecule has 124 valence electrons. The minimum absolute atomic E-state index is 0. The zero-order valence-corrected chi connectivity index (χ0v) is 15.8. The van der Waals surface area contributed by atoms with Crippen molar-refractivity contribution in [2.45, 2.75) is 20.4 Å². The Bertz CT molecular complexity index is 471. The third-order valence-electron chi connectivity index (χ3n) is 3.84. The van der Waals surface area contributed by atoms with Crippen LogP contribution in [0.5, 0.6) is 0 Å². The van der Waals surface area contributed by atoms with Gasteiger partial charge in [-0.3, -0.25) is 0 Å². The monoisotopic (exact) mass is 418 g/mol. The number of nitrogens with two attached hydrogens (primary N) is 1. The van der Waals surface area contributed by atoms with Crippen molar-refractivity contribution < 1.29 is 4.74 Å². The molecule has 0 amide bonds. The first-order chi connectivity index (χ1) is 10.3. The highest BCUT2D eigenvalue weighted by molar-refractivity contribution is 14.0. The van der Waals surface area contributed by atoms with Crippen molar-refractivity contribution in [1.82, 2.24) is 4.90 Å². The average Bonchev–Trinajstić information content (AvgIpc) is 2.55. The van der Waals surface area contributed by atoms with Crippen LogP contribution in [-0.2, 0) is 11.3 Å². The van der Waals surface area contributed by atoms with E-state index in [4.69, 9.17) is 10.5 Å². The Hall–Kier alpha value is -1.02. The lowest BCUT2D eigenvalue weighted by atomic mass is 10.1. The number of benzene rings is 1. The van der Waals surface area contributed by atoms with Crippen molar-refractivity contribution in [3.63, 3.8) is 0 Å². The predicted octanol–water partition coefficient (Wildman–Crippen LogP) is 2.30. The molecular weight excluding hydrogens is 391 g/mol. The minimum atomic E-state index is 0. The van der Waals surface area contributed by atoms with Crippen LogP contribution >= 0.6 is 24.0 Å². The molecule has 0 unspecified atom stereocenters. The molecule has 6 heteroatoms. The van der Waals surface area contributed by atoms with E-state index >= 15 is 0 Å². The van der Waals surface area contributed by atoms with E-state index in [1.807, 2.05) is 0 Å². The van der Waals surface area contributed by atoms with Crippen LogP contribution in [0.15, 0.2) is 29.3 Å². The van der Waals surface area contributed by atoms with Crippen LogP contribution in [0.4, 0.5) is 5.69 Å². The summed E-state index contributed by atoms with van der Waals surface area (Å²) >= 11 is 0. The van der Waals surface area contributed by atoms with E-state index in [0.717, 1.165) is 39.4 Å². The number of morpholine rings is 1. The molecule has 1 fully saturated rings. The van der Waals surface area contributed by atoms with Crippen molar-refractivity contribution in [3.05, 3.63) is 29.8 Å². The van der Waals surface area contributed by atoms with Crippen molar-refractivity contribution in [3.8, 4) is 0 Å². The quantitative estimate of drug-likeness (QED) is 0.453. The molecule has 0 radical (unpaired) electrons. The van der Waals surface area contributed by atoms with Crippen LogP contribution in [0.3, 0.4) is 0 Å². The first kappa shape index (κ1) is 19.0. The summed E-state index contributed by atoms with van der Waals surface area (Å²) in [5.74, 6) is 0.622. The summed E-state index contributed by atoms with van der Waals surface area (Å²) in [6, 6.07) is 8.42. The van der Waals surface area contributed by atoms with E-state index < -0.39 is 0 Å². The maximum absolute atomic E-state index is 6.06. The van der Waals surface area contributed by atoms with Gasteiger partial charge in [0.15, 0.2) is 5.96 Å². The molecule has 1 heterocycles. The van der Waals surface area contributed by atoms with Gasteiger partial charge in [-0.25, -0.2) is 4.99 Å². The second-order valence-corrected chi connectivity index (χ2v) is 5.07. The van der Waals surface area contributed by atoms with Gasteiger partial charge in [0, 0.05) is 31.9 Å². The van der Waals surface area contributed by atoms with Gasteiger partial charge in [-0.05, 0) is 25.5 Å². The summed E-state index contributed by atoms with van der Waals surface area (Å²) in [6.45, 7) is 10.0. The molecule has 0 aromatic heterocycles. The summed E-state index contributed by atoms with van der Waals surface area (Å²) in [6.07, 6.45) is 0. The smallest absolute Gasteiger partial charge is 0.191 e. The highest BCUT2D eigenvalue weighted by Gasteiger charge is 2.14. The Labute approximate surface area is 150 Å². The lowest BCUT2D eigenvalue weighted by molar-refractivity contribution is 0.122. The number of rotatable bonds is 5. The van der Waals surface area contributed by atoms with Gasteiger partial charge in [0.25, 0.3) is 0 Å². The number of nitrogens with zero attached hydrogens (tertiary/aromatic N) is 3. The molecular formula is C16H27IN4O. The molecule has 2 N–H and O–H groups in total. The zero-order chi connectivity index (χ0) is 15.1. The van der Waals surface area contributed by atoms with Crippen molar-refractivity contribution in [2.75, 3.05) is 44.3 Å². The van der Waals surface area contributed by atoms with Crippen molar-refractivity contribution in [2.24, 2.45) is 10.7 Å². The Kier molecular flexibility index (Phi) is 8.55. The van der Waals surface area contributed by atoms with Gasteiger partial charge in [-0.2, -0.15) is 0 Å². The minimum Gasteiger partial charge on any atom is -0.378 e. The van der Waals surface area contributed by atoms with Crippen LogP contribution in [-0.4, -0.2) is 50.3 Å². The fraction of sp³-hybridized carbons (Fsp3) is 0.562. The Morgan fingerprint density at radius 2 is 1.86 bits per heavy atom. The van der Waals surface area contributed by atoms with E-state index in [1.165, 1.54) is 11.3 Å². The molecule has 1 saturated heterocycles. The molecule has 1 aliphatic heterocycles. The molecule has 5 nitrogen and oxygen atoms in total. The maximum Gasteiger partial charge on any atom is 0.191 e. The van der Waals surface area contributed by atoms with Crippen LogP contribution in [0.2, 0.25) is 0 Å². The highest BCUT2D eigenvalue weighted by atomic mass is 127. The average molecular weight is 418 g/mol. The number of para-hydroxylation sites is 1. The fourth-order valence-corrected chi connectivity index (χ4v) is 2.57. The topological polar surface area (TPSA) is 54.1 Å². The Balaban J connectivity index is 0.00000242. The Morgan fingerprint density at radius 3 is 2.50 bits per heavy atom. The van der Waals surface area contributed by atoms with E-state index in [0.29, 0.717) is 12.5 Å². The molecule has 0 bridgehead atoms. The van der Waals surface area contributed by atoms with Gasteiger partial charge in [0.1, 0.15) is 0 Å². The van der Waals surface area contributed by atoms with Crippen LogP contribution in [0, 0.1) is 0 Å². The molecule has 0 aliphatic carbocycles. The SMILES string of the molecule is CCN(CC)C(N)=NCc1ccccc1N1CCOCC1.I. The third-order valence-corrected chi connectivity index (χ3v) is 3.84. The van der Waals surface area contributed by atoms with Gasteiger partial charge in [-0.1, -0.05) is 18.2 Å². The number of aliphatic imine (C=N–C) groups is 1. The fourth-order valence-electron chi connectivity index (χ4n) is 2.57. The van der Waals surface area contributed by atoms with Crippen LogP contribution in [0.25, 0.3) is 0 Å². The molecule has 0 saturated carbocycles. The second-order valence-electron chi connectivity index (χ2n) is 5.07. The Morgan fingerprint density at radius 1 is 1.23 bits per heavy atom. The number of halogens is 1. The molecule has 1 aromatic carbocycles. The second kappa shape index (κ2) is 9.89. The summed E-state index contributed by atoms with van der Waals surface area (Å²) in [5, 5.41) is 0. The van der Waals surface area contributed by atoms with E-state index in [2.05, 4.69) is 52.9 Å². The summed E-state index contributed by atoms with van der Waals surface area (Å²) in [5.41, 5.74) is 8.52. The standard InChI is InChI=1S/C16H26N4O.HI/c1-3-19(4-2)16(17)18-13-14-7-5-6-8-15(14)20-9-11-21-12-10-20;/h5-8H,3-4,9-13H2,1-2H3,(H2,17,18);1H. The highest BCUT2D eigenvalue weighted by Crippen LogP contribution is 2.22. The first-order valence-corrected chi connectivity index (χ1v) is 7.71. The molecule has 0 spiro atoms. The predicted molar refractivity (Wildman–Crippen MR) is 103 cm³/mol. The lowest BCUT2D eigenvalue weighted by Gasteiger charge is -2.30. The summed E-state index contributed by atoms with van der Waals surface area (Å²) in [4.78, 5) is 8.98. The largest absolute Gasteiger partial charge is 0.378 e. The van der Waals surface area contributed by atoms with Gasteiger partial charge in [0.2, 0.25) is 0 Å². The molecule has 1 aliphatic rings. The first-order valence-electron chi connectivity index (χ1n) is 7.71. The van der Waals surface area contributed by atoms with Crippen LogP contribution < -0.4 is 10.6 Å². The number of anilines is 1. The van der Waals surface area contributed by atoms with E-state index in [1.54, 1.807) is 0 Å². The van der Waals surface area contributed by atoms with Gasteiger partial charge >= 0.3 is 0 Å². The number of hydrogen-bond donors (Lipinski definition) is 1. The molecule has 2 rings (SSSR count). The van der Waals surface area contributed by atoms with Gasteiger partial charge in [0.05, 0.1) is 19.8 Å². The zero-order valence-electron chi connectivity index (χ0n) is 13.5. The molecule has 1 aromatic rings. The normalized spacial score (nSPS) is 15.4. The molecule has 0 atom stereocenters. The maximum atomic E-state index is 6.06. The lowest BCUT2D eigenvalue weighted by Crippen LogP contribution is -2.37.